The van der Waals surface area contributed by atoms with E-state index in [1.807, 2.05) is 0 Å². The van der Waals surface area contributed by atoms with Crippen LogP contribution in [0.1, 0.15) is 29.6 Å². The maximum absolute atomic E-state index is 13.5. The Kier molecular flexibility index (Phi) is 3.94. The fourth-order valence-corrected chi connectivity index (χ4v) is 2.26. The highest BCUT2D eigenvalue weighted by molar-refractivity contribution is 6.30. The monoisotopic (exact) mass is 303 g/mol. The Bertz CT molecular complexity index is 573. The second-order valence-electron chi connectivity index (χ2n) is 4.87. The third-order valence-electron chi connectivity index (χ3n) is 3.61. The summed E-state index contributed by atoms with van der Waals surface area (Å²) in [6.07, 6.45) is 1.69. The number of benzene rings is 1. The van der Waals surface area contributed by atoms with E-state index in [1.54, 1.807) is 0 Å². The topological polar surface area (TPSA) is 66.4 Å². The van der Waals surface area contributed by atoms with E-state index in [4.69, 9.17) is 16.7 Å². The summed E-state index contributed by atoms with van der Waals surface area (Å²) in [5, 5.41) is 11.0. The maximum atomic E-state index is 13.5. The van der Waals surface area contributed by atoms with E-state index in [9.17, 15) is 18.4 Å². The molecule has 1 saturated carbocycles. The zero-order valence-corrected chi connectivity index (χ0v) is 11.1. The number of carboxylic acid groups (broad SMARTS) is 1. The number of carboxylic acids is 1. The Labute approximate surface area is 118 Å². The molecule has 1 aromatic carbocycles. The molecule has 0 bridgehead atoms. The van der Waals surface area contributed by atoms with Crippen LogP contribution in [0.5, 0.6) is 0 Å². The van der Waals surface area contributed by atoms with Gasteiger partial charge in [0.1, 0.15) is 11.6 Å². The van der Waals surface area contributed by atoms with Crippen LogP contribution < -0.4 is 5.32 Å². The summed E-state index contributed by atoms with van der Waals surface area (Å²) in [5.41, 5.74) is -1.48. The molecule has 0 heterocycles. The Morgan fingerprint density at radius 2 is 1.95 bits per heavy atom. The van der Waals surface area contributed by atoms with Crippen LogP contribution in [0.2, 0.25) is 5.02 Å². The van der Waals surface area contributed by atoms with Gasteiger partial charge >= 0.3 is 5.97 Å². The number of halogens is 3. The van der Waals surface area contributed by atoms with Gasteiger partial charge in [-0.3, -0.25) is 9.59 Å². The molecule has 1 aliphatic carbocycles. The molecule has 0 aliphatic heterocycles. The minimum Gasteiger partial charge on any atom is -0.481 e. The SMILES string of the molecule is O=C(NCC1(C(=O)O)CCC1)c1cc(F)c(Cl)cc1F. The Morgan fingerprint density at radius 3 is 2.45 bits per heavy atom. The first-order valence-electron chi connectivity index (χ1n) is 6.02. The molecule has 1 aliphatic rings. The van der Waals surface area contributed by atoms with Crippen LogP contribution in [0.25, 0.3) is 0 Å². The number of hydrogen-bond donors (Lipinski definition) is 2. The minimum absolute atomic E-state index is 0.106. The summed E-state index contributed by atoms with van der Waals surface area (Å²) in [5.74, 6) is -3.71. The van der Waals surface area contributed by atoms with Crippen molar-refractivity contribution in [2.24, 2.45) is 5.41 Å². The normalized spacial score (nSPS) is 16.4. The lowest BCUT2D eigenvalue weighted by atomic mass is 9.69. The average molecular weight is 304 g/mol. The first-order chi connectivity index (χ1) is 9.35. The van der Waals surface area contributed by atoms with Crippen LogP contribution in [-0.2, 0) is 4.79 Å². The zero-order chi connectivity index (χ0) is 14.9. The minimum atomic E-state index is -0.994. The van der Waals surface area contributed by atoms with Gasteiger partial charge < -0.3 is 10.4 Å². The zero-order valence-electron chi connectivity index (χ0n) is 10.4. The third kappa shape index (κ3) is 2.60. The molecule has 2 rings (SSSR count). The van der Waals surface area contributed by atoms with Crippen LogP contribution in [0.15, 0.2) is 12.1 Å². The van der Waals surface area contributed by atoms with Gasteiger partial charge in [0.05, 0.1) is 16.0 Å². The van der Waals surface area contributed by atoms with Crippen molar-refractivity contribution in [2.45, 2.75) is 19.3 Å². The van der Waals surface area contributed by atoms with Crippen LogP contribution in [0.3, 0.4) is 0 Å². The first kappa shape index (κ1) is 14.7. The fraction of sp³-hybridized carbons (Fsp3) is 0.385. The smallest absolute Gasteiger partial charge is 0.311 e. The van der Waals surface area contributed by atoms with E-state index in [2.05, 4.69) is 5.32 Å². The van der Waals surface area contributed by atoms with Gasteiger partial charge in [0.2, 0.25) is 0 Å². The third-order valence-corrected chi connectivity index (χ3v) is 3.90. The van der Waals surface area contributed by atoms with Crippen molar-refractivity contribution in [1.82, 2.24) is 5.32 Å². The molecule has 2 N–H and O–H groups in total. The number of aliphatic carboxylic acids is 1. The molecule has 108 valence electrons. The lowest BCUT2D eigenvalue weighted by molar-refractivity contribution is -0.153. The molecule has 0 saturated heterocycles. The van der Waals surface area contributed by atoms with Gasteiger partial charge in [-0.15, -0.1) is 0 Å². The van der Waals surface area contributed by atoms with E-state index in [-0.39, 0.29) is 6.54 Å². The van der Waals surface area contributed by atoms with Gasteiger partial charge in [0, 0.05) is 6.54 Å². The van der Waals surface area contributed by atoms with Gasteiger partial charge in [0.15, 0.2) is 0 Å². The number of hydrogen-bond acceptors (Lipinski definition) is 2. The predicted octanol–water partition coefficient (Wildman–Crippen LogP) is 2.60. The van der Waals surface area contributed by atoms with Crippen LogP contribution in [0.4, 0.5) is 8.78 Å². The van der Waals surface area contributed by atoms with Crippen LogP contribution in [-0.4, -0.2) is 23.5 Å². The number of nitrogens with one attached hydrogen (secondary N) is 1. The fourth-order valence-electron chi connectivity index (χ4n) is 2.11. The number of rotatable bonds is 4. The van der Waals surface area contributed by atoms with Gasteiger partial charge in [-0.05, 0) is 25.0 Å². The van der Waals surface area contributed by atoms with Gasteiger partial charge in [-0.25, -0.2) is 8.78 Å². The van der Waals surface area contributed by atoms with Crippen molar-refractivity contribution in [1.29, 1.82) is 0 Å². The Balaban J connectivity index is 2.09. The van der Waals surface area contributed by atoms with Gasteiger partial charge in [-0.2, -0.15) is 0 Å². The highest BCUT2D eigenvalue weighted by atomic mass is 35.5. The van der Waals surface area contributed by atoms with E-state index in [0.717, 1.165) is 6.42 Å². The predicted molar refractivity (Wildman–Crippen MR) is 67.6 cm³/mol. The largest absolute Gasteiger partial charge is 0.481 e. The molecule has 0 atom stereocenters. The van der Waals surface area contributed by atoms with Gasteiger partial charge in [0.25, 0.3) is 5.91 Å². The van der Waals surface area contributed by atoms with Crippen molar-refractivity contribution in [2.75, 3.05) is 6.54 Å². The van der Waals surface area contributed by atoms with E-state index < -0.39 is 39.5 Å². The summed E-state index contributed by atoms with van der Waals surface area (Å²) < 4.78 is 26.8. The molecule has 1 fully saturated rings. The second kappa shape index (κ2) is 5.36. The molecule has 1 aromatic rings. The Hall–Kier alpha value is -1.69. The van der Waals surface area contributed by atoms with Gasteiger partial charge in [-0.1, -0.05) is 18.0 Å². The standard InChI is InChI=1S/C13H12ClF2NO3/c14-8-5-9(15)7(4-10(8)16)11(18)17-6-13(12(19)20)2-1-3-13/h4-5H,1-3,6H2,(H,17,18)(H,19,20). The molecule has 7 heteroatoms. The molecular weight excluding hydrogens is 292 g/mol. The van der Waals surface area contributed by atoms with E-state index in [0.29, 0.717) is 25.0 Å². The lowest BCUT2D eigenvalue weighted by Gasteiger charge is -2.37. The number of carbonyl (C=O) groups excluding carboxylic acids is 1. The molecule has 0 unspecified atom stereocenters. The number of amides is 1. The molecule has 4 nitrogen and oxygen atoms in total. The highest BCUT2D eigenvalue weighted by Crippen LogP contribution is 2.40. The Morgan fingerprint density at radius 1 is 1.30 bits per heavy atom. The van der Waals surface area contributed by atoms with Crippen molar-refractivity contribution in [3.63, 3.8) is 0 Å². The van der Waals surface area contributed by atoms with Crippen LogP contribution >= 0.6 is 11.6 Å². The van der Waals surface area contributed by atoms with Crippen molar-refractivity contribution >= 4 is 23.5 Å². The molecule has 0 radical (unpaired) electrons. The summed E-state index contributed by atoms with van der Waals surface area (Å²) >= 11 is 5.39. The molecule has 0 aromatic heterocycles. The first-order valence-corrected chi connectivity index (χ1v) is 6.40. The molecular formula is C13H12ClF2NO3. The maximum Gasteiger partial charge on any atom is 0.311 e. The van der Waals surface area contributed by atoms with Crippen molar-refractivity contribution in [3.05, 3.63) is 34.4 Å². The molecule has 1 amide bonds. The number of carbonyl (C=O) groups is 2. The quantitative estimate of drug-likeness (QED) is 0.840. The lowest BCUT2D eigenvalue weighted by Crippen LogP contribution is -2.47. The van der Waals surface area contributed by atoms with Crippen LogP contribution in [0, 0.1) is 17.0 Å². The van der Waals surface area contributed by atoms with Crippen molar-refractivity contribution in [3.8, 4) is 0 Å². The highest BCUT2D eigenvalue weighted by Gasteiger charge is 2.44. The summed E-state index contributed by atoms with van der Waals surface area (Å²) in [6.45, 7) is -0.106. The summed E-state index contributed by atoms with van der Waals surface area (Å²) in [7, 11) is 0. The average Bonchev–Trinajstić information content (AvgIpc) is 2.31. The summed E-state index contributed by atoms with van der Waals surface area (Å²) in [6, 6.07) is 1.41. The van der Waals surface area contributed by atoms with E-state index >= 15 is 0 Å². The van der Waals surface area contributed by atoms with Crippen molar-refractivity contribution < 1.29 is 23.5 Å². The van der Waals surface area contributed by atoms with E-state index in [1.165, 1.54) is 0 Å². The second-order valence-corrected chi connectivity index (χ2v) is 5.28. The summed E-state index contributed by atoms with van der Waals surface area (Å²) in [4.78, 5) is 22.9. The molecule has 0 spiro atoms. The molecule has 20 heavy (non-hydrogen) atoms.